The van der Waals surface area contributed by atoms with Crippen LogP contribution >= 0.6 is 31.9 Å². The summed E-state index contributed by atoms with van der Waals surface area (Å²) >= 11 is 6.96. The van der Waals surface area contributed by atoms with E-state index in [-0.39, 0.29) is 23.7 Å². The lowest BCUT2D eigenvalue weighted by Gasteiger charge is -2.16. The van der Waals surface area contributed by atoms with E-state index in [1.807, 2.05) is 19.1 Å². The van der Waals surface area contributed by atoms with Crippen LogP contribution in [0.1, 0.15) is 18.9 Å². The highest BCUT2D eigenvalue weighted by molar-refractivity contribution is 9.11. The number of halogens is 2. The van der Waals surface area contributed by atoms with Crippen molar-refractivity contribution in [1.29, 1.82) is 0 Å². The van der Waals surface area contributed by atoms with Crippen LogP contribution in [0.4, 0.5) is 0 Å². The minimum atomic E-state index is -2.94. The average molecular weight is 427 g/mol. The Kier molecular flexibility index (Phi) is 5.15. The molecular weight excluding hydrogens is 410 g/mol. The van der Waals surface area contributed by atoms with E-state index >= 15 is 0 Å². The Morgan fingerprint density at radius 2 is 2.00 bits per heavy atom. The highest BCUT2D eigenvalue weighted by Crippen LogP contribution is 2.36. The van der Waals surface area contributed by atoms with Crippen LogP contribution in [0.25, 0.3) is 0 Å². The maximum Gasteiger partial charge on any atom is 0.154 e. The van der Waals surface area contributed by atoms with Crippen LogP contribution in [0.5, 0.6) is 5.75 Å². The molecular formula is C13H17Br2NO3S. The highest BCUT2D eigenvalue weighted by atomic mass is 79.9. The van der Waals surface area contributed by atoms with Crippen LogP contribution in [0.2, 0.25) is 0 Å². The lowest BCUT2D eigenvalue weighted by molar-refractivity contribution is 0.226. The molecule has 7 heteroatoms. The van der Waals surface area contributed by atoms with Gasteiger partial charge in [0.25, 0.3) is 0 Å². The molecule has 0 amide bonds. The summed E-state index contributed by atoms with van der Waals surface area (Å²) in [7, 11) is -2.94. The summed E-state index contributed by atoms with van der Waals surface area (Å²) in [6, 6.07) is 4.01. The van der Waals surface area contributed by atoms with Crippen LogP contribution in [0.15, 0.2) is 21.1 Å². The fraction of sp³-hybridized carbons (Fsp3) is 0.538. The van der Waals surface area contributed by atoms with Gasteiger partial charge in [-0.1, -0.05) is 0 Å². The summed E-state index contributed by atoms with van der Waals surface area (Å²) < 4.78 is 30.4. The van der Waals surface area contributed by atoms with Crippen molar-refractivity contribution in [1.82, 2.24) is 0 Å². The average Bonchev–Trinajstić information content (AvgIpc) is 2.62. The number of nitrogens with two attached hydrogens (primary N) is 1. The third-order valence-electron chi connectivity index (χ3n) is 3.09. The van der Waals surface area contributed by atoms with Gasteiger partial charge < -0.3 is 10.5 Å². The zero-order chi connectivity index (χ0) is 14.9. The molecule has 0 saturated carbocycles. The van der Waals surface area contributed by atoms with Gasteiger partial charge in [-0.15, -0.1) is 0 Å². The summed E-state index contributed by atoms with van der Waals surface area (Å²) in [5, 5.41) is 0. The first-order valence-electron chi connectivity index (χ1n) is 6.37. The molecule has 0 aromatic heterocycles. The van der Waals surface area contributed by atoms with E-state index < -0.39 is 9.84 Å². The Morgan fingerprint density at radius 3 is 2.45 bits per heavy atom. The normalized spacial score (nSPS) is 22.7. The molecule has 1 aliphatic rings. The minimum Gasteiger partial charge on any atom is -0.487 e. The summed E-state index contributed by atoms with van der Waals surface area (Å²) in [6.45, 7) is 1.95. The molecule has 2 N–H and O–H groups in total. The minimum absolute atomic E-state index is 0.0838. The molecule has 2 rings (SSSR count). The second-order valence-electron chi connectivity index (χ2n) is 5.21. The Labute approximate surface area is 136 Å². The van der Waals surface area contributed by atoms with Gasteiger partial charge in [-0.25, -0.2) is 8.42 Å². The molecule has 0 aliphatic carbocycles. The number of hydrogen-bond donors (Lipinski definition) is 1. The quantitative estimate of drug-likeness (QED) is 0.803. The molecule has 1 heterocycles. The lowest BCUT2D eigenvalue weighted by atomic mass is 10.1. The predicted octanol–water partition coefficient (Wildman–Crippen LogP) is 2.67. The number of sulfone groups is 1. The maximum atomic E-state index is 11.5. The Bertz CT molecular complexity index is 579. The van der Waals surface area contributed by atoms with Crippen LogP contribution in [0, 0.1) is 0 Å². The predicted molar refractivity (Wildman–Crippen MR) is 86.9 cm³/mol. The molecule has 1 fully saturated rings. The molecule has 112 valence electrons. The van der Waals surface area contributed by atoms with Gasteiger partial charge in [0, 0.05) is 6.04 Å². The highest BCUT2D eigenvalue weighted by Gasteiger charge is 2.30. The van der Waals surface area contributed by atoms with Crippen molar-refractivity contribution in [3.05, 3.63) is 26.6 Å². The molecule has 2 unspecified atom stereocenters. The summed E-state index contributed by atoms with van der Waals surface area (Å²) in [5.74, 6) is 0.948. The van der Waals surface area contributed by atoms with Crippen molar-refractivity contribution in [2.75, 3.05) is 11.5 Å². The topological polar surface area (TPSA) is 69.4 Å². The lowest BCUT2D eigenvalue weighted by Crippen LogP contribution is -2.19. The molecule has 2 atom stereocenters. The Morgan fingerprint density at radius 1 is 1.40 bits per heavy atom. The second kappa shape index (κ2) is 6.34. The molecule has 1 aromatic carbocycles. The van der Waals surface area contributed by atoms with Crippen LogP contribution in [-0.4, -0.2) is 32.1 Å². The number of benzene rings is 1. The van der Waals surface area contributed by atoms with Gasteiger partial charge in [0.05, 0.1) is 20.5 Å². The fourth-order valence-corrected chi connectivity index (χ4v) is 5.29. The van der Waals surface area contributed by atoms with E-state index in [2.05, 4.69) is 31.9 Å². The van der Waals surface area contributed by atoms with E-state index in [1.54, 1.807) is 0 Å². The van der Waals surface area contributed by atoms with Gasteiger partial charge >= 0.3 is 0 Å². The first-order chi connectivity index (χ1) is 9.27. The van der Waals surface area contributed by atoms with Gasteiger partial charge in [0.1, 0.15) is 11.9 Å². The van der Waals surface area contributed by atoms with Crippen LogP contribution in [0.3, 0.4) is 0 Å². The van der Waals surface area contributed by atoms with Crippen molar-refractivity contribution in [3.8, 4) is 5.75 Å². The summed E-state index contributed by atoms with van der Waals surface area (Å²) in [5.41, 5.74) is 6.90. The van der Waals surface area contributed by atoms with E-state index in [1.165, 1.54) is 0 Å². The monoisotopic (exact) mass is 425 g/mol. The first-order valence-corrected chi connectivity index (χ1v) is 9.78. The van der Waals surface area contributed by atoms with E-state index in [9.17, 15) is 8.42 Å². The SMILES string of the molecule is CC(N)Cc1cc(Br)c(OC2CCS(=O)(=O)C2)c(Br)c1. The molecule has 1 aliphatic heterocycles. The Balaban J connectivity index is 2.16. The summed E-state index contributed by atoms with van der Waals surface area (Å²) in [4.78, 5) is 0. The van der Waals surface area contributed by atoms with Crippen molar-refractivity contribution in [3.63, 3.8) is 0 Å². The van der Waals surface area contributed by atoms with Gasteiger partial charge in [-0.05, 0) is 69.3 Å². The molecule has 20 heavy (non-hydrogen) atoms. The van der Waals surface area contributed by atoms with Gasteiger partial charge in [0.15, 0.2) is 9.84 Å². The first kappa shape index (κ1) is 16.3. The molecule has 0 bridgehead atoms. The van der Waals surface area contributed by atoms with Crippen molar-refractivity contribution in [2.24, 2.45) is 5.73 Å². The van der Waals surface area contributed by atoms with Gasteiger partial charge in [-0.3, -0.25) is 0 Å². The molecule has 4 nitrogen and oxygen atoms in total. The summed E-state index contributed by atoms with van der Waals surface area (Å²) in [6.07, 6.45) is 1.05. The zero-order valence-corrected chi connectivity index (χ0v) is 15.1. The number of ether oxygens (including phenoxy) is 1. The molecule has 1 saturated heterocycles. The van der Waals surface area contributed by atoms with Gasteiger partial charge in [0.2, 0.25) is 0 Å². The number of rotatable bonds is 4. The standard InChI is InChI=1S/C13H17Br2NO3S/c1-8(16)4-9-5-11(14)13(12(15)6-9)19-10-2-3-20(17,18)7-10/h5-6,8,10H,2-4,7,16H2,1H3. The van der Waals surface area contributed by atoms with E-state index in [0.29, 0.717) is 12.2 Å². The van der Waals surface area contributed by atoms with Crippen molar-refractivity contribution < 1.29 is 13.2 Å². The number of hydrogen-bond acceptors (Lipinski definition) is 4. The molecule has 0 spiro atoms. The third-order valence-corrected chi connectivity index (χ3v) is 6.01. The van der Waals surface area contributed by atoms with E-state index in [4.69, 9.17) is 10.5 Å². The van der Waals surface area contributed by atoms with Crippen LogP contribution in [-0.2, 0) is 16.3 Å². The van der Waals surface area contributed by atoms with Crippen LogP contribution < -0.4 is 10.5 Å². The maximum absolute atomic E-state index is 11.5. The zero-order valence-electron chi connectivity index (χ0n) is 11.1. The van der Waals surface area contributed by atoms with Crippen molar-refractivity contribution in [2.45, 2.75) is 31.9 Å². The van der Waals surface area contributed by atoms with Crippen molar-refractivity contribution >= 4 is 41.7 Å². The molecule has 0 radical (unpaired) electrons. The smallest absolute Gasteiger partial charge is 0.154 e. The molecule has 1 aromatic rings. The fourth-order valence-electron chi connectivity index (χ4n) is 2.24. The largest absolute Gasteiger partial charge is 0.487 e. The Hall–Kier alpha value is -0.110. The van der Waals surface area contributed by atoms with E-state index in [0.717, 1.165) is 20.9 Å². The van der Waals surface area contributed by atoms with Gasteiger partial charge in [-0.2, -0.15) is 0 Å². The second-order valence-corrected chi connectivity index (χ2v) is 9.15. The third kappa shape index (κ3) is 4.19.